The van der Waals surface area contributed by atoms with Gasteiger partial charge in [0.05, 0.1) is 18.2 Å². The number of sulfonamides is 1. The SMILES string of the molecule is C=CCNS(=O)(=O)Cc1ccc(NC(=O)CCc2c(C)nc3c(c(OC)nn3C)c2C)cc1. The lowest BCUT2D eigenvalue weighted by molar-refractivity contribution is -0.116. The number of nitrogens with zero attached hydrogens (tertiary/aromatic N) is 3. The first-order chi connectivity index (χ1) is 15.6. The van der Waals surface area contributed by atoms with Crippen molar-refractivity contribution in [3.8, 4) is 5.88 Å². The zero-order valence-corrected chi connectivity index (χ0v) is 20.1. The van der Waals surface area contributed by atoms with E-state index in [0.29, 0.717) is 23.6 Å². The Morgan fingerprint density at radius 2 is 1.94 bits per heavy atom. The molecule has 0 aliphatic rings. The van der Waals surface area contributed by atoms with Crippen LogP contribution in [0, 0.1) is 13.8 Å². The first-order valence-electron chi connectivity index (χ1n) is 10.5. The van der Waals surface area contributed by atoms with Crippen LogP contribution in [0.1, 0.15) is 28.8 Å². The number of ether oxygens (including phenoxy) is 1. The van der Waals surface area contributed by atoms with E-state index in [1.807, 2.05) is 20.9 Å². The summed E-state index contributed by atoms with van der Waals surface area (Å²) in [7, 11) is -0.0310. The Morgan fingerprint density at radius 1 is 1.24 bits per heavy atom. The minimum atomic E-state index is -3.43. The van der Waals surface area contributed by atoms with E-state index in [9.17, 15) is 13.2 Å². The van der Waals surface area contributed by atoms with Crippen LogP contribution >= 0.6 is 0 Å². The standard InChI is InChI=1S/C23H29N5O4S/c1-6-13-24-33(30,31)14-17-7-9-18(10-8-17)26-20(29)12-11-19-15(2)21-22(25-16(19)3)28(4)27-23(21)32-5/h6-10,24H,1,11-14H2,2-5H3,(H,26,29). The monoisotopic (exact) mass is 471 g/mol. The fraction of sp³-hybridized carbons (Fsp3) is 0.348. The average molecular weight is 472 g/mol. The highest BCUT2D eigenvalue weighted by Gasteiger charge is 2.18. The fourth-order valence-electron chi connectivity index (χ4n) is 3.71. The molecule has 0 unspecified atom stereocenters. The molecule has 1 amide bonds. The first kappa shape index (κ1) is 24.4. The van der Waals surface area contributed by atoms with E-state index in [2.05, 4.69) is 26.7 Å². The highest BCUT2D eigenvalue weighted by molar-refractivity contribution is 7.88. The molecule has 2 aromatic heterocycles. The van der Waals surface area contributed by atoms with Crippen LogP contribution in [0.15, 0.2) is 36.9 Å². The van der Waals surface area contributed by atoms with Gasteiger partial charge in [0, 0.05) is 31.4 Å². The van der Waals surface area contributed by atoms with Crippen molar-refractivity contribution < 1.29 is 17.9 Å². The number of hydrogen-bond donors (Lipinski definition) is 2. The molecule has 10 heteroatoms. The Hall–Kier alpha value is -3.24. The number of aromatic nitrogens is 3. The van der Waals surface area contributed by atoms with Gasteiger partial charge in [0.25, 0.3) is 0 Å². The summed E-state index contributed by atoms with van der Waals surface area (Å²) >= 11 is 0. The third kappa shape index (κ3) is 5.77. The lowest BCUT2D eigenvalue weighted by Gasteiger charge is -2.12. The van der Waals surface area contributed by atoms with Gasteiger partial charge in [-0.2, -0.15) is 0 Å². The Balaban J connectivity index is 1.65. The second-order valence-electron chi connectivity index (χ2n) is 7.77. The Labute approximate surface area is 193 Å². The Morgan fingerprint density at radius 3 is 2.58 bits per heavy atom. The summed E-state index contributed by atoms with van der Waals surface area (Å²) in [5.41, 5.74) is 4.84. The normalized spacial score (nSPS) is 11.5. The summed E-state index contributed by atoms with van der Waals surface area (Å²) in [5.74, 6) is 0.242. The van der Waals surface area contributed by atoms with Gasteiger partial charge in [0.1, 0.15) is 0 Å². The molecule has 2 heterocycles. The van der Waals surface area contributed by atoms with Crippen LogP contribution in [0.5, 0.6) is 5.88 Å². The van der Waals surface area contributed by atoms with Gasteiger partial charge in [-0.25, -0.2) is 22.8 Å². The molecular formula is C23H29N5O4S. The van der Waals surface area contributed by atoms with Crippen LogP contribution in [0.4, 0.5) is 5.69 Å². The number of rotatable bonds is 10. The average Bonchev–Trinajstić information content (AvgIpc) is 3.09. The lowest BCUT2D eigenvalue weighted by atomic mass is 10.00. The molecule has 0 bridgehead atoms. The molecule has 0 aliphatic heterocycles. The smallest absolute Gasteiger partial charge is 0.242 e. The van der Waals surface area contributed by atoms with Crippen LogP contribution in [-0.4, -0.2) is 42.7 Å². The van der Waals surface area contributed by atoms with Gasteiger partial charge in [-0.3, -0.25) is 4.79 Å². The minimum Gasteiger partial charge on any atom is -0.479 e. The zero-order valence-electron chi connectivity index (χ0n) is 19.3. The molecule has 0 atom stereocenters. The first-order valence-corrected chi connectivity index (χ1v) is 12.1. The quantitative estimate of drug-likeness (QED) is 0.440. The van der Waals surface area contributed by atoms with E-state index in [0.717, 1.165) is 27.9 Å². The summed E-state index contributed by atoms with van der Waals surface area (Å²) in [6.07, 6.45) is 2.29. The van der Waals surface area contributed by atoms with Gasteiger partial charge in [-0.05, 0) is 49.1 Å². The molecule has 2 N–H and O–H groups in total. The van der Waals surface area contributed by atoms with Gasteiger partial charge in [0.15, 0.2) is 5.65 Å². The predicted molar refractivity (Wildman–Crippen MR) is 129 cm³/mol. The fourth-order valence-corrected chi connectivity index (χ4v) is 4.82. The molecule has 0 spiro atoms. The van der Waals surface area contributed by atoms with Crippen molar-refractivity contribution in [2.45, 2.75) is 32.4 Å². The number of anilines is 1. The van der Waals surface area contributed by atoms with Crippen LogP contribution in [0.3, 0.4) is 0 Å². The molecule has 1 aromatic carbocycles. The Bertz CT molecular complexity index is 1280. The highest BCUT2D eigenvalue weighted by atomic mass is 32.2. The number of hydrogen-bond acceptors (Lipinski definition) is 6. The predicted octanol–water partition coefficient (Wildman–Crippen LogP) is 2.77. The van der Waals surface area contributed by atoms with Crippen molar-refractivity contribution in [1.82, 2.24) is 19.5 Å². The molecule has 176 valence electrons. The van der Waals surface area contributed by atoms with Gasteiger partial charge in [0.2, 0.25) is 21.8 Å². The van der Waals surface area contributed by atoms with E-state index < -0.39 is 10.0 Å². The van der Waals surface area contributed by atoms with E-state index in [-0.39, 0.29) is 24.6 Å². The molecule has 3 rings (SSSR count). The maximum Gasteiger partial charge on any atom is 0.242 e. The molecular weight excluding hydrogens is 442 g/mol. The van der Waals surface area contributed by atoms with Crippen molar-refractivity contribution in [2.75, 3.05) is 19.0 Å². The highest BCUT2D eigenvalue weighted by Crippen LogP contribution is 2.30. The summed E-state index contributed by atoms with van der Waals surface area (Å²) in [6, 6.07) is 6.76. The van der Waals surface area contributed by atoms with Gasteiger partial charge in [-0.15, -0.1) is 11.7 Å². The van der Waals surface area contributed by atoms with E-state index >= 15 is 0 Å². The Kier molecular flexibility index (Phi) is 7.50. The van der Waals surface area contributed by atoms with Crippen LogP contribution < -0.4 is 14.8 Å². The summed E-state index contributed by atoms with van der Waals surface area (Å²) in [6.45, 7) is 7.60. The molecule has 0 radical (unpaired) electrons. The summed E-state index contributed by atoms with van der Waals surface area (Å²) in [5, 5.41) is 8.07. The second kappa shape index (κ2) is 10.1. The molecule has 9 nitrogen and oxygen atoms in total. The molecule has 33 heavy (non-hydrogen) atoms. The number of amides is 1. The zero-order chi connectivity index (χ0) is 24.2. The van der Waals surface area contributed by atoms with Crippen molar-refractivity contribution in [3.05, 3.63) is 59.3 Å². The van der Waals surface area contributed by atoms with Gasteiger partial charge in [-0.1, -0.05) is 18.2 Å². The number of fused-ring (bicyclic) bond motifs is 1. The van der Waals surface area contributed by atoms with Crippen molar-refractivity contribution in [1.29, 1.82) is 0 Å². The third-order valence-corrected chi connectivity index (χ3v) is 6.68. The molecule has 0 saturated heterocycles. The minimum absolute atomic E-state index is 0.138. The van der Waals surface area contributed by atoms with Crippen LogP contribution in [0.25, 0.3) is 11.0 Å². The molecule has 3 aromatic rings. The number of aryl methyl sites for hydroxylation is 3. The summed E-state index contributed by atoms with van der Waals surface area (Å²) in [4.78, 5) is 17.2. The van der Waals surface area contributed by atoms with E-state index in [1.54, 1.807) is 36.1 Å². The van der Waals surface area contributed by atoms with E-state index in [4.69, 9.17) is 4.74 Å². The van der Waals surface area contributed by atoms with Crippen LogP contribution in [0.2, 0.25) is 0 Å². The van der Waals surface area contributed by atoms with Crippen molar-refractivity contribution in [2.24, 2.45) is 7.05 Å². The van der Waals surface area contributed by atoms with Crippen LogP contribution in [-0.2, 0) is 34.0 Å². The number of nitrogens with one attached hydrogen (secondary N) is 2. The third-order valence-electron chi connectivity index (χ3n) is 5.36. The van der Waals surface area contributed by atoms with Gasteiger partial charge < -0.3 is 10.1 Å². The largest absolute Gasteiger partial charge is 0.479 e. The molecule has 0 fully saturated rings. The number of benzene rings is 1. The lowest BCUT2D eigenvalue weighted by Crippen LogP contribution is -2.25. The second-order valence-corrected chi connectivity index (χ2v) is 9.58. The maximum atomic E-state index is 12.5. The van der Waals surface area contributed by atoms with E-state index in [1.165, 1.54) is 6.08 Å². The van der Waals surface area contributed by atoms with Gasteiger partial charge >= 0.3 is 0 Å². The molecule has 0 saturated carbocycles. The number of methoxy groups -OCH3 is 1. The van der Waals surface area contributed by atoms with Crippen molar-refractivity contribution >= 4 is 32.7 Å². The topological polar surface area (TPSA) is 115 Å². The van der Waals surface area contributed by atoms with Crippen molar-refractivity contribution in [3.63, 3.8) is 0 Å². The molecule has 0 aliphatic carbocycles. The number of carbonyl (C=O) groups excluding carboxylic acids is 1. The maximum absolute atomic E-state index is 12.5. The number of carbonyl (C=O) groups is 1. The summed E-state index contributed by atoms with van der Waals surface area (Å²) < 4.78 is 33.5. The number of pyridine rings is 1.